The van der Waals surface area contributed by atoms with Crippen molar-refractivity contribution in [3.05, 3.63) is 66.2 Å². The summed E-state index contributed by atoms with van der Waals surface area (Å²) in [5.74, 6) is 0.546. The summed E-state index contributed by atoms with van der Waals surface area (Å²) in [7, 11) is 0. The summed E-state index contributed by atoms with van der Waals surface area (Å²) in [6.45, 7) is 1.23. The highest BCUT2D eigenvalue weighted by atomic mass is 16.2. The summed E-state index contributed by atoms with van der Waals surface area (Å²) in [4.78, 5) is 27.1. The molecule has 2 aromatic rings. The van der Waals surface area contributed by atoms with Gasteiger partial charge in [-0.2, -0.15) is 0 Å². The molecule has 1 atom stereocenters. The van der Waals surface area contributed by atoms with E-state index in [-0.39, 0.29) is 23.9 Å². The third-order valence-corrected chi connectivity index (χ3v) is 5.73. The highest BCUT2D eigenvalue weighted by Crippen LogP contribution is 2.41. The molecule has 2 aliphatic rings. The summed E-state index contributed by atoms with van der Waals surface area (Å²) in [5, 5.41) is 6.21. The molecule has 1 aliphatic carbocycles. The quantitative estimate of drug-likeness (QED) is 0.820. The zero-order chi connectivity index (χ0) is 19.3. The fraction of sp³-hybridized carbons (Fsp3) is 0.391. The topological polar surface area (TPSA) is 61.4 Å². The van der Waals surface area contributed by atoms with Crippen LogP contribution >= 0.6 is 0 Å². The molecule has 3 amide bonds. The molecule has 146 valence electrons. The summed E-state index contributed by atoms with van der Waals surface area (Å²) in [5.41, 5.74) is 2.00. The second-order valence-electron chi connectivity index (χ2n) is 7.79. The maximum absolute atomic E-state index is 12.8. The van der Waals surface area contributed by atoms with E-state index >= 15 is 0 Å². The molecule has 1 aliphatic heterocycles. The van der Waals surface area contributed by atoms with Crippen LogP contribution in [0.25, 0.3) is 0 Å². The standard InChI is InChI=1S/C23H27N3O2/c27-22(24-20-9-5-2-6-10-20)19-13-15-26(16-14-19)23(28)25-21(18-11-12-18)17-7-3-1-4-8-17/h1-10,18-19,21H,11-16H2,(H,24,27)(H,25,28). The van der Waals surface area contributed by atoms with Crippen LogP contribution < -0.4 is 10.6 Å². The van der Waals surface area contributed by atoms with E-state index in [4.69, 9.17) is 0 Å². The number of urea groups is 1. The fourth-order valence-corrected chi connectivity index (χ4v) is 3.90. The molecule has 4 rings (SSSR count). The lowest BCUT2D eigenvalue weighted by molar-refractivity contribution is -0.121. The molecule has 1 saturated carbocycles. The average molecular weight is 377 g/mol. The van der Waals surface area contributed by atoms with E-state index < -0.39 is 0 Å². The second kappa shape index (κ2) is 8.46. The first-order chi connectivity index (χ1) is 13.7. The molecular weight excluding hydrogens is 350 g/mol. The van der Waals surface area contributed by atoms with Crippen molar-refractivity contribution < 1.29 is 9.59 Å². The van der Waals surface area contributed by atoms with Crippen molar-refractivity contribution in [3.63, 3.8) is 0 Å². The van der Waals surface area contributed by atoms with E-state index in [1.165, 1.54) is 18.4 Å². The van der Waals surface area contributed by atoms with E-state index in [0.717, 1.165) is 5.69 Å². The number of nitrogens with one attached hydrogen (secondary N) is 2. The molecular formula is C23H27N3O2. The molecule has 0 radical (unpaired) electrons. The summed E-state index contributed by atoms with van der Waals surface area (Å²) >= 11 is 0. The minimum atomic E-state index is -0.0439. The Balaban J connectivity index is 1.29. The predicted octanol–water partition coefficient (Wildman–Crippen LogP) is 4.20. The molecule has 2 fully saturated rings. The van der Waals surface area contributed by atoms with Gasteiger partial charge in [0.05, 0.1) is 6.04 Å². The SMILES string of the molecule is O=C(Nc1ccccc1)C1CCN(C(=O)NC(c2ccccc2)C2CC2)CC1. The van der Waals surface area contributed by atoms with Crippen molar-refractivity contribution in [2.24, 2.45) is 11.8 Å². The molecule has 2 aromatic carbocycles. The summed E-state index contributed by atoms with van der Waals surface area (Å²) < 4.78 is 0. The maximum atomic E-state index is 12.8. The van der Waals surface area contributed by atoms with Crippen LogP contribution in [0.3, 0.4) is 0 Å². The predicted molar refractivity (Wildman–Crippen MR) is 110 cm³/mol. The first-order valence-corrected chi connectivity index (χ1v) is 10.2. The normalized spacial score (nSPS) is 18.4. The van der Waals surface area contributed by atoms with Crippen LogP contribution in [0.5, 0.6) is 0 Å². The lowest BCUT2D eigenvalue weighted by atomic mass is 9.96. The third kappa shape index (κ3) is 4.53. The van der Waals surface area contributed by atoms with E-state index in [2.05, 4.69) is 22.8 Å². The van der Waals surface area contributed by atoms with Crippen molar-refractivity contribution in [1.29, 1.82) is 0 Å². The first kappa shape index (κ1) is 18.5. The van der Waals surface area contributed by atoms with E-state index in [1.807, 2.05) is 53.4 Å². The van der Waals surface area contributed by atoms with Crippen molar-refractivity contribution in [1.82, 2.24) is 10.2 Å². The number of nitrogens with zero attached hydrogens (tertiary/aromatic N) is 1. The minimum Gasteiger partial charge on any atom is -0.331 e. The van der Waals surface area contributed by atoms with Crippen LogP contribution in [-0.4, -0.2) is 29.9 Å². The van der Waals surface area contributed by atoms with Crippen LogP contribution in [0, 0.1) is 11.8 Å². The van der Waals surface area contributed by atoms with Crippen LogP contribution in [0.15, 0.2) is 60.7 Å². The largest absolute Gasteiger partial charge is 0.331 e. The van der Waals surface area contributed by atoms with Gasteiger partial charge in [-0.05, 0) is 49.3 Å². The minimum absolute atomic E-state index is 0.0114. The number of hydrogen-bond donors (Lipinski definition) is 2. The zero-order valence-electron chi connectivity index (χ0n) is 16.0. The summed E-state index contributed by atoms with van der Waals surface area (Å²) in [6.07, 6.45) is 3.74. The number of piperidine rings is 1. The van der Waals surface area contributed by atoms with Gasteiger partial charge in [0.1, 0.15) is 0 Å². The molecule has 0 aromatic heterocycles. The van der Waals surface area contributed by atoms with Crippen LogP contribution in [-0.2, 0) is 4.79 Å². The molecule has 5 nitrogen and oxygen atoms in total. The number of para-hydroxylation sites is 1. The number of carbonyl (C=O) groups is 2. The fourth-order valence-electron chi connectivity index (χ4n) is 3.90. The van der Waals surface area contributed by atoms with Gasteiger partial charge in [-0.3, -0.25) is 4.79 Å². The molecule has 28 heavy (non-hydrogen) atoms. The number of anilines is 1. The molecule has 5 heteroatoms. The van der Waals surface area contributed by atoms with Gasteiger partial charge >= 0.3 is 6.03 Å². The Bertz CT molecular complexity index is 797. The molecule has 0 spiro atoms. The second-order valence-corrected chi connectivity index (χ2v) is 7.79. The number of carbonyl (C=O) groups excluding carboxylic acids is 2. The van der Waals surface area contributed by atoms with Gasteiger partial charge in [-0.15, -0.1) is 0 Å². The van der Waals surface area contributed by atoms with Gasteiger partial charge in [0.2, 0.25) is 5.91 Å². The van der Waals surface area contributed by atoms with Crippen molar-refractivity contribution in [2.45, 2.75) is 31.7 Å². The Labute approximate surface area is 166 Å². The summed E-state index contributed by atoms with van der Waals surface area (Å²) in [6, 6.07) is 19.8. The lowest BCUT2D eigenvalue weighted by Gasteiger charge is -2.33. The molecule has 1 saturated heterocycles. The van der Waals surface area contributed by atoms with Crippen molar-refractivity contribution in [2.75, 3.05) is 18.4 Å². The Kier molecular flexibility index (Phi) is 5.60. The first-order valence-electron chi connectivity index (χ1n) is 10.2. The van der Waals surface area contributed by atoms with Gasteiger partial charge in [0.25, 0.3) is 0 Å². The van der Waals surface area contributed by atoms with Gasteiger partial charge in [0.15, 0.2) is 0 Å². The van der Waals surface area contributed by atoms with Gasteiger partial charge in [-0.25, -0.2) is 4.79 Å². The van der Waals surface area contributed by atoms with Crippen LogP contribution in [0.2, 0.25) is 0 Å². The van der Waals surface area contributed by atoms with Gasteiger partial charge in [-0.1, -0.05) is 48.5 Å². The van der Waals surface area contributed by atoms with E-state index in [9.17, 15) is 9.59 Å². The number of rotatable bonds is 5. The molecule has 1 heterocycles. The molecule has 1 unspecified atom stereocenters. The number of hydrogen-bond acceptors (Lipinski definition) is 2. The molecule has 2 N–H and O–H groups in total. The van der Waals surface area contributed by atoms with Gasteiger partial charge < -0.3 is 15.5 Å². The molecule has 0 bridgehead atoms. The maximum Gasteiger partial charge on any atom is 0.317 e. The average Bonchev–Trinajstić information content (AvgIpc) is 3.58. The van der Waals surface area contributed by atoms with Crippen LogP contribution in [0.1, 0.15) is 37.3 Å². The zero-order valence-corrected chi connectivity index (χ0v) is 16.0. The van der Waals surface area contributed by atoms with Crippen molar-refractivity contribution in [3.8, 4) is 0 Å². The highest BCUT2D eigenvalue weighted by molar-refractivity contribution is 5.92. The third-order valence-electron chi connectivity index (χ3n) is 5.73. The Morgan fingerprint density at radius 3 is 2.07 bits per heavy atom. The van der Waals surface area contributed by atoms with E-state index in [1.54, 1.807) is 0 Å². The number of benzene rings is 2. The van der Waals surface area contributed by atoms with E-state index in [0.29, 0.717) is 31.8 Å². The number of likely N-dealkylation sites (tertiary alicyclic amines) is 1. The number of amides is 3. The highest BCUT2D eigenvalue weighted by Gasteiger charge is 2.35. The Hall–Kier alpha value is -2.82. The Morgan fingerprint density at radius 2 is 1.46 bits per heavy atom. The van der Waals surface area contributed by atoms with Gasteiger partial charge in [0, 0.05) is 24.7 Å². The smallest absolute Gasteiger partial charge is 0.317 e. The Morgan fingerprint density at radius 1 is 0.857 bits per heavy atom. The van der Waals surface area contributed by atoms with Crippen molar-refractivity contribution >= 4 is 17.6 Å². The lowest BCUT2D eigenvalue weighted by Crippen LogP contribution is -2.47. The monoisotopic (exact) mass is 377 g/mol. The van der Waals surface area contributed by atoms with Crippen LogP contribution in [0.4, 0.5) is 10.5 Å².